The molecule has 0 aliphatic rings. The van der Waals surface area contributed by atoms with E-state index in [1.54, 1.807) is 0 Å². The van der Waals surface area contributed by atoms with Gasteiger partial charge in [-0.05, 0) is 12.8 Å². The van der Waals surface area contributed by atoms with Crippen LogP contribution < -0.4 is 16.4 Å². The molecule has 10 nitrogen and oxygen atoms in total. The molecule has 2 unspecified atom stereocenters. The van der Waals surface area contributed by atoms with Crippen LogP contribution in [0.15, 0.2) is 4.52 Å². The van der Waals surface area contributed by atoms with Crippen LogP contribution in [0, 0.1) is 5.92 Å². The number of aromatic nitrogens is 2. The molecule has 10 heteroatoms. The SMILES string of the molecule is CCC(C)[C@H](N)c1noc(CNC(=O)N[C@H](C(=O)O)C(C)O)n1. The first-order valence-corrected chi connectivity index (χ1v) is 7.29. The molecule has 1 rings (SSSR count). The van der Waals surface area contributed by atoms with Gasteiger partial charge < -0.3 is 31.1 Å². The van der Waals surface area contributed by atoms with Gasteiger partial charge in [0.15, 0.2) is 11.9 Å². The van der Waals surface area contributed by atoms with Crippen molar-refractivity contribution in [2.75, 3.05) is 0 Å². The highest BCUT2D eigenvalue weighted by atomic mass is 16.5. The molecule has 0 fully saturated rings. The molecule has 2 amide bonds. The van der Waals surface area contributed by atoms with E-state index in [-0.39, 0.29) is 24.4 Å². The Bertz CT molecular complexity index is 533. The molecule has 6 N–H and O–H groups in total. The zero-order valence-corrected chi connectivity index (χ0v) is 13.3. The molecular formula is C13H23N5O5. The van der Waals surface area contributed by atoms with Crippen LogP contribution in [0.2, 0.25) is 0 Å². The number of carboxylic acid groups (broad SMARTS) is 1. The third kappa shape index (κ3) is 5.49. The minimum Gasteiger partial charge on any atom is -0.480 e. The van der Waals surface area contributed by atoms with E-state index >= 15 is 0 Å². The lowest BCUT2D eigenvalue weighted by molar-refractivity contribution is -0.141. The monoisotopic (exact) mass is 329 g/mol. The molecule has 1 heterocycles. The van der Waals surface area contributed by atoms with Crippen molar-refractivity contribution in [1.82, 2.24) is 20.8 Å². The first-order chi connectivity index (χ1) is 10.8. The molecule has 0 aromatic carbocycles. The van der Waals surface area contributed by atoms with Crippen molar-refractivity contribution in [1.29, 1.82) is 0 Å². The van der Waals surface area contributed by atoms with Gasteiger partial charge in [0.25, 0.3) is 0 Å². The number of nitrogens with one attached hydrogen (secondary N) is 2. The Labute approximate surface area is 133 Å². The zero-order valence-electron chi connectivity index (χ0n) is 13.3. The van der Waals surface area contributed by atoms with Crippen LogP contribution in [-0.4, -0.2) is 44.5 Å². The molecule has 0 saturated carbocycles. The highest BCUT2D eigenvalue weighted by Crippen LogP contribution is 2.18. The van der Waals surface area contributed by atoms with Crippen LogP contribution in [0.4, 0.5) is 4.79 Å². The number of carboxylic acids is 1. The summed E-state index contributed by atoms with van der Waals surface area (Å²) in [6.45, 7) is 5.14. The summed E-state index contributed by atoms with van der Waals surface area (Å²) in [6.07, 6.45) is -0.372. The summed E-state index contributed by atoms with van der Waals surface area (Å²) in [6, 6.07) is -2.55. The number of carbonyl (C=O) groups is 2. The van der Waals surface area contributed by atoms with Crippen molar-refractivity contribution in [3.8, 4) is 0 Å². The summed E-state index contributed by atoms with van der Waals surface area (Å²) in [4.78, 5) is 26.6. The summed E-state index contributed by atoms with van der Waals surface area (Å²) in [5.41, 5.74) is 5.97. The van der Waals surface area contributed by atoms with Gasteiger partial charge in [-0.15, -0.1) is 0 Å². The van der Waals surface area contributed by atoms with Crippen LogP contribution in [0.25, 0.3) is 0 Å². The Morgan fingerprint density at radius 2 is 2.04 bits per heavy atom. The second kappa shape index (κ2) is 8.44. The van der Waals surface area contributed by atoms with E-state index in [4.69, 9.17) is 15.4 Å². The van der Waals surface area contributed by atoms with Crippen molar-refractivity contribution in [3.63, 3.8) is 0 Å². The highest BCUT2D eigenvalue weighted by molar-refractivity contribution is 5.82. The van der Waals surface area contributed by atoms with E-state index in [2.05, 4.69) is 20.8 Å². The maximum Gasteiger partial charge on any atom is 0.328 e. The molecule has 1 aromatic heterocycles. The third-order valence-corrected chi connectivity index (χ3v) is 3.47. The van der Waals surface area contributed by atoms with Gasteiger partial charge in [-0.25, -0.2) is 9.59 Å². The Morgan fingerprint density at radius 3 is 2.57 bits per heavy atom. The fourth-order valence-electron chi connectivity index (χ4n) is 1.72. The standard InChI is InChI=1S/C13H23N5O5/c1-4-6(2)9(14)11-16-8(23-18-11)5-15-13(22)17-10(7(3)19)12(20)21/h6-7,9-10,19H,4-5,14H2,1-3H3,(H,20,21)(H2,15,17,22)/t6?,7?,9-,10-/m0/s1. The molecule has 130 valence electrons. The summed E-state index contributed by atoms with van der Waals surface area (Å²) in [7, 11) is 0. The van der Waals surface area contributed by atoms with Gasteiger partial charge in [-0.3, -0.25) is 0 Å². The summed E-state index contributed by atoms with van der Waals surface area (Å²) >= 11 is 0. The lowest BCUT2D eigenvalue weighted by Crippen LogP contribution is -2.51. The lowest BCUT2D eigenvalue weighted by Gasteiger charge is -2.16. The number of hydrogen-bond donors (Lipinski definition) is 5. The predicted molar refractivity (Wildman–Crippen MR) is 79.2 cm³/mol. The van der Waals surface area contributed by atoms with Gasteiger partial charge in [0.1, 0.15) is 0 Å². The Kier molecular flexibility index (Phi) is 6.91. The van der Waals surface area contributed by atoms with E-state index in [0.717, 1.165) is 6.42 Å². The molecule has 0 bridgehead atoms. The van der Waals surface area contributed by atoms with Gasteiger partial charge in [-0.1, -0.05) is 25.4 Å². The molecule has 1 aromatic rings. The maximum atomic E-state index is 11.6. The second-order valence-corrected chi connectivity index (χ2v) is 5.34. The summed E-state index contributed by atoms with van der Waals surface area (Å²) < 4.78 is 4.98. The van der Waals surface area contributed by atoms with Gasteiger partial charge >= 0.3 is 12.0 Å². The number of rotatable bonds is 8. The average Bonchev–Trinajstić information content (AvgIpc) is 2.97. The van der Waals surface area contributed by atoms with Gasteiger partial charge in [0, 0.05) is 0 Å². The molecule has 0 spiro atoms. The fraction of sp³-hybridized carbons (Fsp3) is 0.692. The molecular weight excluding hydrogens is 306 g/mol. The van der Waals surface area contributed by atoms with Crippen LogP contribution in [0.1, 0.15) is 44.9 Å². The fourth-order valence-corrected chi connectivity index (χ4v) is 1.72. The number of nitrogens with two attached hydrogens (primary N) is 1. The predicted octanol–water partition coefficient (Wildman–Crippen LogP) is -0.251. The molecule has 0 aliphatic carbocycles. The number of carbonyl (C=O) groups excluding carboxylic acids is 1. The summed E-state index contributed by atoms with van der Waals surface area (Å²) in [5.74, 6) is -0.657. The number of nitrogens with zero attached hydrogens (tertiary/aromatic N) is 2. The van der Waals surface area contributed by atoms with E-state index in [9.17, 15) is 14.7 Å². The number of amides is 2. The van der Waals surface area contributed by atoms with Crippen LogP contribution in [0.3, 0.4) is 0 Å². The largest absolute Gasteiger partial charge is 0.480 e. The minimum atomic E-state index is -1.41. The van der Waals surface area contributed by atoms with Crippen LogP contribution >= 0.6 is 0 Å². The quantitative estimate of drug-likeness (QED) is 0.435. The average molecular weight is 329 g/mol. The zero-order chi connectivity index (χ0) is 17.6. The number of aliphatic hydroxyl groups excluding tert-OH is 1. The second-order valence-electron chi connectivity index (χ2n) is 5.34. The molecule has 4 atom stereocenters. The number of hydrogen-bond acceptors (Lipinski definition) is 7. The van der Waals surface area contributed by atoms with E-state index in [1.165, 1.54) is 6.92 Å². The Morgan fingerprint density at radius 1 is 1.39 bits per heavy atom. The van der Waals surface area contributed by atoms with Crippen molar-refractivity contribution >= 4 is 12.0 Å². The minimum absolute atomic E-state index is 0.0851. The van der Waals surface area contributed by atoms with Crippen molar-refractivity contribution in [2.24, 2.45) is 11.7 Å². The molecule has 0 radical (unpaired) electrons. The maximum absolute atomic E-state index is 11.6. The van der Waals surface area contributed by atoms with E-state index in [0.29, 0.717) is 5.82 Å². The Hall–Kier alpha value is -2.20. The van der Waals surface area contributed by atoms with Crippen LogP contribution in [-0.2, 0) is 11.3 Å². The number of aliphatic carboxylic acids is 1. The van der Waals surface area contributed by atoms with Crippen molar-refractivity contribution in [2.45, 2.75) is 51.9 Å². The first-order valence-electron chi connectivity index (χ1n) is 7.29. The Balaban J connectivity index is 2.54. The number of urea groups is 1. The molecule has 0 aliphatic heterocycles. The van der Waals surface area contributed by atoms with Gasteiger partial charge in [0.2, 0.25) is 5.89 Å². The van der Waals surface area contributed by atoms with Crippen molar-refractivity contribution < 1.29 is 24.3 Å². The molecule has 23 heavy (non-hydrogen) atoms. The summed E-state index contributed by atoms with van der Waals surface area (Å²) in [5, 5.41) is 26.4. The van der Waals surface area contributed by atoms with Crippen LogP contribution in [0.5, 0.6) is 0 Å². The lowest BCUT2D eigenvalue weighted by atomic mass is 10.00. The van der Waals surface area contributed by atoms with E-state index in [1.807, 2.05) is 13.8 Å². The van der Waals surface area contributed by atoms with Gasteiger partial charge in [-0.2, -0.15) is 4.98 Å². The van der Waals surface area contributed by atoms with E-state index < -0.39 is 24.1 Å². The third-order valence-electron chi connectivity index (χ3n) is 3.47. The smallest absolute Gasteiger partial charge is 0.328 e. The highest BCUT2D eigenvalue weighted by Gasteiger charge is 2.25. The topological polar surface area (TPSA) is 164 Å². The first kappa shape index (κ1) is 18.8. The van der Waals surface area contributed by atoms with Crippen molar-refractivity contribution in [3.05, 3.63) is 11.7 Å². The number of aliphatic hydroxyl groups is 1. The normalized spacial score (nSPS) is 16.2. The van der Waals surface area contributed by atoms with Gasteiger partial charge in [0.05, 0.1) is 18.7 Å². The molecule has 0 saturated heterocycles.